The zero-order valence-electron chi connectivity index (χ0n) is 10.2. The van der Waals surface area contributed by atoms with Crippen LogP contribution in [0.4, 0.5) is 0 Å². The third-order valence-corrected chi connectivity index (χ3v) is 2.61. The van der Waals surface area contributed by atoms with Crippen LogP contribution in [0, 0.1) is 0 Å². The lowest BCUT2D eigenvalue weighted by molar-refractivity contribution is 0.236. The highest BCUT2D eigenvalue weighted by Crippen LogP contribution is 2.10. The molecule has 1 aromatic heterocycles. The van der Waals surface area contributed by atoms with E-state index in [2.05, 4.69) is 0 Å². The van der Waals surface area contributed by atoms with E-state index in [1.807, 2.05) is 12.1 Å². The molecule has 0 unspecified atom stereocenters. The van der Waals surface area contributed by atoms with Crippen molar-refractivity contribution >= 4 is 0 Å². The first-order chi connectivity index (χ1) is 9.22. The van der Waals surface area contributed by atoms with Gasteiger partial charge in [0.25, 0.3) is 0 Å². The van der Waals surface area contributed by atoms with Crippen LogP contribution in [0.1, 0.15) is 16.9 Å². The van der Waals surface area contributed by atoms with Crippen LogP contribution in [0.5, 0.6) is 5.75 Å². The topological polar surface area (TPSA) is 79.9 Å². The zero-order chi connectivity index (χ0) is 13.7. The molecule has 0 spiro atoms. The number of aliphatic hydroxyl groups is 2. The molecule has 0 aliphatic rings. The zero-order valence-corrected chi connectivity index (χ0v) is 10.2. The average Bonchev–Trinajstić information content (AvgIpc) is 2.46. The first kappa shape index (κ1) is 13.3. The number of rotatable bonds is 5. The van der Waals surface area contributed by atoms with Crippen LogP contribution in [-0.4, -0.2) is 10.2 Å². The number of ether oxygens (including phenoxy) is 1. The molecule has 100 valence electrons. The molecule has 2 aromatic rings. The predicted molar refractivity (Wildman–Crippen MR) is 67.6 cm³/mol. The smallest absolute Gasteiger partial charge is 0.227 e. The summed E-state index contributed by atoms with van der Waals surface area (Å²) in [7, 11) is 0. The highest BCUT2D eigenvalue weighted by atomic mass is 16.5. The van der Waals surface area contributed by atoms with Gasteiger partial charge in [-0.05, 0) is 11.1 Å². The molecular weight excluding hydrogens is 248 g/mol. The summed E-state index contributed by atoms with van der Waals surface area (Å²) in [5.41, 5.74) is 1.36. The lowest BCUT2D eigenvalue weighted by Crippen LogP contribution is -2.08. The Bertz CT molecular complexity index is 586. The Morgan fingerprint density at radius 3 is 2.32 bits per heavy atom. The molecule has 19 heavy (non-hydrogen) atoms. The molecule has 0 fully saturated rings. The Hall–Kier alpha value is -2.11. The van der Waals surface area contributed by atoms with E-state index in [4.69, 9.17) is 19.4 Å². The van der Waals surface area contributed by atoms with E-state index in [9.17, 15) is 4.79 Å². The Morgan fingerprint density at radius 1 is 1.05 bits per heavy atom. The van der Waals surface area contributed by atoms with Crippen molar-refractivity contribution < 1.29 is 19.4 Å². The quantitative estimate of drug-likeness (QED) is 0.846. The number of hydrogen-bond acceptors (Lipinski definition) is 5. The molecule has 0 aliphatic heterocycles. The van der Waals surface area contributed by atoms with Crippen molar-refractivity contribution in [1.29, 1.82) is 0 Å². The highest BCUT2D eigenvalue weighted by Gasteiger charge is 2.04. The maximum Gasteiger partial charge on any atom is 0.227 e. The third kappa shape index (κ3) is 3.43. The van der Waals surface area contributed by atoms with Crippen LogP contribution in [-0.2, 0) is 19.8 Å². The lowest BCUT2D eigenvalue weighted by Gasteiger charge is -2.06. The monoisotopic (exact) mass is 262 g/mol. The lowest BCUT2D eigenvalue weighted by atomic mass is 10.1. The molecule has 5 nitrogen and oxygen atoms in total. The third-order valence-electron chi connectivity index (χ3n) is 2.61. The molecule has 2 N–H and O–H groups in total. The summed E-state index contributed by atoms with van der Waals surface area (Å²) >= 11 is 0. The van der Waals surface area contributed by atoms with E-state index in [1.165, 1.54) is 12.3 Å². The first-order valence-electron chi connectivity index (χ1n) is 5.77. The van der Waals surface area contributed by atoms with Gasteiger partial charge in [0.05, 0.1) is 6.61 Å². The van der Waals surface area contributed by atoms with Gasteiger partial charge in [0, 0.05) is 6.07 Å². The summed E-state index contributed by atoms with van der Waals surface area (Å²) in [6, 6.07) is 8.40. The summed E-state index contributed by atoms with van der Waals surface area (Å²) in [5.74, 6) is 0.299. The Morgan fingerprint density at radius 2 is 1.74 bits per heavy atom. The van der Waals surface area contributed by atoms with Crippen molar-refractivity contribution in [1.82, 2.24) is 0 Å². The van der Waals surface area contributed by atoms with Crippen molar-refractivity contribution in [3.8, 4) is 5.75 Å². The van der Waals surface area contributed by atoms with Gasteiger partial charge in [0.1, 0.15) is 25.2 Å². The molecule has 0 amide bonds. The number of aliphatic hydroxyl groups excluding tert-OH is 2. The summed E-state index contributed by atoms with van der Waals surface area (Å²) in [6.07, 6.45) is 1.19. The fourth-order valence-electron chi connectivity index (χ4n) is 1.53. The molecule has 0 saturated heterocycles. The van der Waals surface area contributed by atoms with Gasteiger partial charge in [-0.1, -0.05) is 24.3 Å². The largest absolute Gasteiger partial charge is 0.482 e. The van der Waals surface area contributed by atoms with Gasteiger partial charge in [0.15, 0.2) is 0 Å². The maximum atomic E-state index is 11.6. The number of benzene rings is 1. The predicted octanol–water partition coefficient (Wildman–Crippen LogP) is 1.20. The van der Waals surface area contributed by atoms with Gasteiger partial charge >= 0.3 is 0 Å². The number of hydrogen-bond donors (Lipinski definition) is 2. The van der Waals surface area contributed by atoms with E-state index < -0.39 is 0 Å². The molecule has 2 rings (SSSR count). The van der Waals surface area contributed by atoms with Crippen molar-refractivity contribution in [3.63, 3.8) is 0 Å². The Kier molecular flexibility index (Phi) is 4.33. The second-order valence-corrected chi connectivity index (χ2v) is 4.00. The van der Waals surface area contributed by atoms with Gasteiger partial charge in [-0.25, -0.2) is 0 Å². The second kappa shape index (κ2) is 6.17. The van der Waals surface area contributed by atoms with Crippen molar-refractivity contribution in [2.24, 2.45) is 0 Å². The molecule has 1 heterocycles. The first-order valence-corrected chi connectivity index (χ1v) is 5.77. The second-order valence-electron chi connectivity index (χ2n) is 4.00. The summed E-state index contributed by atoms with van der Waals surface area (Å²) in [4.78, 5) is 11.6. The van der Waals surface area contributed by atoms with Crippen molar-refractivity contribution in [2.45, 2.75) is 19.8 Å². The van der Waals surface area contributed by atoms with Gasteiger partial charge < -0.3 is 19.4 Å². The molecule has 5 heteroatoms. The van der Waals surface area contributed by atoms with Gasteiger partial charge in [-0.15, -0.1) is 0 Å². The molecule has 0 atom stereocenters. The summed E-state index contributed by atoms with van der Waals surface area (Å²) in [6.45, 7) is -0.0968. The van der Waals surface area contributed by atoms with Crippen LogP contribution >= 0.6 is 0 Å². The minimum Gasteiger partial charge on any atom is -0.482 e. The van der Waals surface area contributed by atoms with E-state index in [1.54, 1.807) is 12.1 Å². The fourth-order valence-corrected chi connectivity index (χ4v) is 1.53. The van der Waals surface area contributed by atoms with Crippen LogP contribution < -0.4 is 10.2 Å². The van der Waals surface area contributed by atoms with E-state index in [0.29, 0.717) is 0 Å². The SMILES string of the molecule is O=c1cc(CO)occ1OCc1ccc(CO)cc1. The van der Waals surface area contributed by atoms with Gasteiger partial charge in [-0.3, -0.25) is 4.79 Å². The molecule has 0 bridgehead atoms. The van der Waals surface area contributed by atoms with Crippen LogP contribution in [0.3, 0.4) is 0 Å². The van der Waals surface area contributed by atoms with Gasteiger partial charge in [0.2, 0.25) is 11.2 Å². The van der Waals surface area contributed by atoms with Crippen LogP contribution in [0.15, 0.2) is 45.8 Å². The van der Waals surface area contributed by atoms with Gasteiger partial charge in [-0.2, -0.15) is 0 Å². The fraction of sp³-hybridized carbons (Fsp3) is 0.214. The maximum absolute atomic E-state index is 11.6. The molecule has 0 radical (unpaired) electrons. The summed E-state index contributed by atoms with van der Waals surface area (Å²) < 4.78 is 10.4. The van der Waals surface area contributed by atoms with Crippen LogP contribution in [0.25, 0.3) is 0 Å². The minimum absolute atomic E-state index is 0.00660. The average molecular weight is 262 g/mol. The highest BCUT2D eigenvalue weighted by molar-refractivity contribution is 5.23. The molecule has 1 aromatic carbocycles. The normalized spacial score (nSPS) is 10.4. The van der Waals surface area contributed by atoms with E-state index in [-0.39, 0.29) is 36.8 Å². The molecular formula is C14H14O5. The standard InChI is InChI=1S/C14H14O5/c15-6-10-1-3-11(4-2-10)8-19-14-9-18-12(7-16)5-13(14)17/h1-5,9,15-16H,6-8H2. The van der Waals surface area contributed by atoms with Crippen molar-refractivity contribution in [3.05, 3.63) is 63.7 Å². The van der Waals surface area contributed by atoms with Crippen LogP contribution in [0.2, 0.25) is 0 Å². The molecule has 0 saturated carbocycles. The minimum atomic E-state index is -0.331. The Balaban J connectivity index is 2.03. The van der Waals surface area contributed by atoms with E-state index in [0.717, 1.165) is 11.1 Å². The van der Waals surface area contributed by atoms with E-state index >= 15 is 0 Å². The molecule has 0 aliphatic carbocycles. The van der Waals surface area contributed by atoms with Crippen molar-refractivity contribution in [2.75, 3.05) is 0 Å². The summed E-state index contributed by atoms with van der Waals surface area (Å²) in [5, 5.41) is 17.7. The Labute approximate surface area is 109 Å².